The van der Waals surface area contributed by atoms with Crippen molar-refractivity contribution in [3.63, 3.8) is 0 Å². The molecule has 2 heterocycles. The van der Waals surface area contributed by atoms with Crippen LogP contribution in [0.25, 0.3) is 11.5 Å². The van der Waals surface area contributed by atoms with E-state index in [4.69, 9.17) is 4.52 Å². The van der Waals surface area contributed by atoms with Crippen molar-refractivity contribution in [3.05, 3.63) is 35.7 Å². The van der Waals surface area contributed by atoms with E-state index in [9.17, 15) is 13.2 Å². The van der Waals surface area contributed by atoms with E-state index < -0.39 is 11.7 Å². The molecule has 1 unspecified atom stereocenters. The van der Waals surface area contributed by atoms with Crippen molar-refractivity contribution in [1.82, 2.24) is 15.5 Å². The monoisotopic (exact) mass is 283 g/mol. The van der Waals surface area contributed by atoms with Gasteiger partial charge in [-0.25, -0.2) is 0 Å². The second-order valence-corrected chi connectivity index (χ2v) is 4.69. The predicted molar refractivity (Wildman–Crippen MR) is 65.0 cm³/mol. The van der Waals surface area contributed by atoms with Crippen molar-refractivity contribution in [2.75, 3.05) is 13.1 Å². The third kappa shape index (κ3) is 2.40. The summed E-state index contributed by atoms with van der Waals surface area (Å²) in [6.07, 6.45) is -3.58. The van der Waals surface area contributed by atoms with Crippen LogP contribution in [0.2, 0.25) is 0 Å². The minimum atomic E-state index is -4.44. The highest BCUT2D eigenvalue weighted by Gasteiger charge is 2.35. The van der Waals surface area contributed by atoms with Crippen LogP contribution in [-0.4, -0.2) is 23.2 Å². The summed E-state index contributed by atoms with van der Waals surface area (Å²) in [5.74, 6) is 0.479. The molecule has 1 saturated heterocycles. The Bertz CT molecular complexity index is 603. The third-order valence-corrected chi connectivity index (χ3v) is 3.33. The van der Waals surface area contributed by atoms with Gasteiger partial charge in [0.05, 0.1) is 11.1 Å². The van der Waals surface area contributed by atoms with Gasteiger partial charge in [-0.3, -0.25) is 0 Å². The van der Waals surface area contributed by atoms with Crippen LogP contribution >= 0.6 is 0 Å². The first kappa shape index (κ1) is 13.1. The molecule has 0 amide bonds. The van der Waals surface area contributed by atoms with E-state index >= 15 is 0 Å². The lowest BCUT2D eigenvalue weighted by Gasteiger charge is -2.09. The third-order valence-electron chi connectivity index (χ3n) is 3.33. The smallest absolute Gasteiger partial charge is 0.334 e. The summed E-state index contributed by atoms with van der Waals surface area (Å²) in [4.78, 5) is 4.12. The van der Waals surface area contributed by atoms with Gasteiger partial charge in [-0.2, -0.15) is 18.2 Å². The van der Waals surface area contributed by atoms with Gasteiger partial charge in [-0.05, 0) is 25.1 Å². The van der Waals surface area contributed by atoms with Gasteiger partial charge >= 0.3 is 6.18 Å². The Morgan fingerprint density at radius 1 is 1.25 bits per heavy atom. The number of alkyl halides is 3. The Hall–Kier alpha value is -1.89. The molecule has 1 aliphatic heterocycles. The van der Waals surface area contributed by atoms with Crippen LogP contribution in [-0.2, 0) is 6.18 Å². The van der Waals surface area contributed by atoms with E-state index in [2.05, 4.69) is 15.5 Å². The minimum absolute atomic E-state index is 0.0790. The van der Waals surface area contributed by atoms with Gasteiger partial charge in [0.25, 0.3) is 5.89 Å². The van der Waals surface area contributed by atoms with Gasteiger partial charge in [0.1, 0.15) is 0 Å². The van der Waals surface area contributed by atoms with Crippen molar-refractivity contribution in [1.29, 1.82) is 0 Å². The average Bonchev–Trinajstić information content (AvgIpc) is 3.09. The number of nitrogens with zero attached hydrogens (tertiary/aromatic N) is 2. The summed E-state index contributed by atoms with van der Waals surface area (Å²) < 4.78 is 43.8. The molecule has 0 spiro atoms. The molecule has 1 aliphatic rings. The SMILES string of the molecule is FC(F)(F)c1ccccc1-c1nc(C2CCNC2)no1. The zero-order chi connectivity index (χ0) is 14.2. The maximum absolute atomic E-state index is 12.9. The second kappa shape index (κ2) is 4.90. The fourth-order valence-electron chi connectivity index (χ4n) is 2.30. The topological polar surface area (TPSA) is 51.0 Å². The first-order chi connectivity index (χ1) is 9.55. The van der Waals surface area contributed by atoms with Gasteiger partial charge in [0, 0.05) is 12.5 Å². The highest BCUT2D eigenvalue weighted by Crippen LogP contribution is 2.36. The summed E-state index contributed by atoms with van der Waals surface area (Å²) in [5, 5.41) is 6.96. The maximum atomic E-state index is 12.9. The molecule has 1 aromatic heterocycles. The van der Waals surface area contributed by atoms with Crippen molar-refractivity contribution in [2.24, 2.45) is 0 Å². The molecule has 1 atom stereocenters. The van der Waals surface area contributed by atoms with E-state index in [0.717, 1.165) is 25.6 Å². The van der Waals surface area contributed by atoms with Crippen LogP contribution < -0.4 is 5.32 Å². The first-order valence-corrected chi connectivity index (χ1v) is 6.26. The zero-order valence-electron chi connectivity index (χ0n) is 10.4. The normalized spacial score (nSPS) is 19.4. The lowest BCUT2D eigenvalue weighted by atomic mass is 10.1. The Balaban J connectivity index is 1.97. The van der Waals surface area contributed by atoms with Crippen molar-refractivity contribution < 1.29 is 17.7 Å². The predicted octanol–water partition coefficient (Wildman–Crippen LogP) is 2.83. The number of benzene rings is 1. The number of halogens is 3. The Labute approximate surface area is 113 Å². The Morgan fingerprint density at radius 2 is 2.05 bits per heavy atom. The molecule has 4 nitrogen and oxygen atoms in total. The van der Waals surface area contributed by atoms with E-state index in [1.807, 2.05) is 0 Å². The number of hydrogen-bond donors (Lipinski definition) is 1. The Morgan fingerprint density at radius 3 is 2.75 bits per heavy atom. The van der Waals surface area contributed by atoms with E-state index in [1.165, 1.54) is 18.2 Å². The molecule has 1 N–H and O–H groups in total. The van der Waals surface area contributed by atoms with Crippen LogP contribution in [0.4, 0.5) is 13.2 Å². The van der Waals surface area contributed by atoms with Gasteiger partial charge in [0.15, 0.2) is 5.82 Å². The number of nitrogens with one attached hydrogen (secondary N) is 1. The molecule has 1 fully saturated rings. The van der Waals surface area contributed by atoms with Crippen molar-refractivity contribution in [3.8, 4) is 11.5 Å². The largest absolute Gasteiger partial charge is 0.417 e. The molecule has 0 bridgehead atoms. The average molecular weight is 283 g/mol. The standard InChI is InChI=1S/C13H12F3N3O/c14-13(15,16)10-4-2-1-3-9(10)12-18-11(19-20-12)8-5-6-17-7-8/h1-4,8,17H,5-7H2. The first-order valence-electron chi connectivity index (χ1n) is 6.26. The van der Waals surface area contributed by atoms with Crippen molar-refractivity contribution in [2.45, 2.75) is 18.5 Å². The number of aromatic nitrogens is 2. The Kier molecular flexibility index (Phi) is 3.21. The van der Waals surface area contributed by atoms with Gasteiger partial charge < -0.3 is 9.84 Å². The molecule has 1 aromatic carbocycles. The lowest BCUT2D eigenvalue weighted by Crippen LogP contribution is -2.09. The summed E-state index contributed by atoms with van der Waals surface area (Å²) >= 11 is 0. The number of hydrogen-bond acceptors (Lipinski definition) is 4. The lowest BCUT2D eigenvalue weighted by molar-refractivity contribution is -0.137. The van der Waals surface area contributed by atoms with E-state index in [0.29, 0.717) is 5.82 Å². The van der Waals surface area contributed by atoms with E-state index in [-0.39, 0.29) is 17.4 Å². The van der Waals surface area contributed by atoms with Crippen molar-refractivity contribution >= 4 is 0 Å². The summed E-state index contributed by atoms with van der Waals surface area (Å²) in [6, 6.07) is 5.21. The van der Waals surface area contributed by atoms with Gasteiger partial charge in [0.2, 0.25) is 0 Å². The molecule has 7 heteroatoms. The fourth-order valence-corrected chi connectivity index (χ4v) is 2.30. The van der Waals surface area contributed by atoms with Gasteiger partial charge in [-0.15, -0.1) is 0 Å². The highest BCUT2D eigenvalue weighted by atomic mass is 19.4. The molecule has 3 rings (SSSR count). The molecule has 0 saturated carbocycles. The van der Waals surface area contributed by atoms with Crippen LogP contribution in [0, 0.1) is 0 Å². The zero-order valence-corrected chi connectivity index (χ0v) is 10.4. The maximum Gasteiger partial charge on any atom is 0.417 e. The van der Waals surface area contributed by atoms with Crippen LogP contribution in [0.3, 0.4) is 0 Å². The second-order valence-electron chi connectivity index (χ2n) is 4.69. The minimum Gasteiger partial charge on any atom is -0.334 e. The van der Waals surface area contributed by atoms with Crippen LogP contribution in [0.15, 0.2) is 28.8 Å². The van der Waals surface area contributed by atoms with Gasteiger partial charge in [-0.1, -0.05) is 17.3 Å². The molecular formula is C13H12F3N3O. The van der Waals surface area contributed by atoms with Crippen LogP contribution in [0.5, 0.6) is 0 Å². The molecule has 2 aromatic rings. The molecule has 0 radical (unpaired) electrons. The number of rotatable bonds is 2. The summed E-state index contributed by atoms with van der Waals surface area (Å²) in [7, 11) is 0. The fraction of sp³-hybridized carbons (Fsp3) is 0.385. The van der Waals surface area contributed by atoms with Crippen LogP contribution in [0.1, 0.15) is 23.7 Å². The molecule has 106 valence electrons. The molecule has 0 aliphatic carbocycles. The highest BCUT2D eigenvalue weighted by molar-refractivity contribution is 5.59. The summed E-state index contributed by atoms with van der Waals surface area (Å²) in [6.45, 7) is 1.58. The quantitative estimate of drug-likeness (QED) is 0.920. The molecular weight excluding hydrogens is 271 g/mol. The molecule has 20 heavy (non-hydrogen) atoms. The summed E-state index contributed by atoms with van der Waals surface area (Å²) in [5.41, 5.74) is -0.843. The van der Waals surface area contributed by atoms with E-state index in [1.54, 1.807) is 0 Å².